The number of aromatic hydroxyl groups is 1. The molecule has 2 heterocycles. The molecule has 2 aromatic heterocycles. The lowest BCUT2D eigenvalue weighted by Gasteiger charge is -2.10. The van der Waals surface area contributed by atoms with E-state index in [2.05, 4.69) is 14.4 Å². The molecule has 0 saturated heterocycles. The average Bonchev–Trinajstić information content (AvgIpc) is 3.02. The highest BCUT2D eigenvalue weighted by Crippen LogP contribution is 2.26. The van der Waals surface area contributed by atoms with Crippen molar-refractivity contribution in [3.8, 4) is 17.3 Å². The van der Waals surface area contributed by atoms with E-state index in [9.17, 15) is 31.5 Å². The Morgan fingerprint density at radius 3 is 2.36 bits per heavy atom. The number of anilines is 1. The number of ether oxygens (including phenoxy) is 1. The van der Waals surface area contributed by atoms with E-state index in [1.807, 2.05) is 0 Å². The van der Waals surface area contributed by atoms with Gasteiger partial charge in [0, 0.05) is 6.20 Å². The zero-order chi connectivity index (χ0) is 26.1. The number of aromatic nitrogens is 3. The highest BCUT2D eigenvalue weighted by atomic mass is 32.2. The van der Waals surface area contributed by atoms with Gasteiger partial charge in [0.1, 0.15) is 11.6 Å². The molecule has 4 rings (SSSR count). The molecule has 36 heavy (non-hydrogen) atoms. The van der Waals surface area contributed by atoms with Crippen molar-refractivity contribution in [2.45, 2.75) is 24.7 Å². The van der Waals surface area contributed by atoms with Crippen molar-refractivity contribution in [2.75, 3.05) is 4.72 Å². The quantitative estimate of drug-likeness (QED) is 0.383. The fourth-order valence-corrected chi connectivity index (χ4v) is 4.48. The van der Waals surface area contributed by atoms with Crippen molar-refractivity contribution in [1.82, 2.24) is 14.1 Å². The first-order valence-corrected chi connectivity index (χ1v) is 11.8. The molecular formula is C23H19F3N4O5S. The third-order valence-corrected chi connectivity index (χ3v) is 6.52. The zero-order valence-electron chi connectivity index (χ0n) is 18.6. The lowest BCUT2D eigenvalue weighted by atomic mass is 10.2. The lowest BCUT2D eigenvalue weighted by Crippen LogP contribution is -2.24. The predicted molar refractivity (Wildman–Crippen MR) is 124 cm³/mol. The van der Waals surface area contributed by atoms with E-state index in [0.29, 0.717) is 5.56 Å². The van der Waals surface area contributed by atoms with Gasteiger partial charge in [0.15, 0.2) is 0 Å². The second kappa shape index (κ2) is 9.41. The van der Waals surface area contributed by atoms with E-state index in [1.54, 1.807) is 24.3 Å². The molecule has 0 aliphatic carbocycles. The summed E-state index contributed by atoms with van der Waals surface area (Å²) in [6.07, 6.45) is -3.49. The minimum Gasteiger partial charge on any atom is -0.493 e. The first kappa shape index (κ1) is 24.9. The van der Waals surface area contributed by atoms with E-state index in [4.69, 9.17) is 0 Å². The largest absolute Gasteiger partial charge is 0.573 e. The number of nitrogens with zero attached hydrogens (tertiary/aromatic N) is 3. The number of alkyl halides is 3. The number of hydrogen-bond acceptors (Lipinski definition) is 6. The van der Waals surface area contributed by atoms with Crippen LogP contribution in [-0.2, 0) is 16.6 Å². The van der Waals surface area contributed by atoms with E-state index < -0.39 is 33.7 Å². The van der Waals surface area contributed by atoms with Crippen LogP contribution in [0.15, 0.2) is 82.6 Å². The van der Waals surface area contributed by atoms with Gasteiger partial charge in [-0.1, -0.05) is 18.2 Å². The summed E-state index contributed by atoms with van der Waals surface area (Å²) in [7, 11) is -3.88. The molecule has 0 saturated carbocycles. The molecule has 0 aliphatic rings. The van der Waals surface area contributed by atoms with Gasteiger partial charge in [-0.05, 0) is 61.0 Å². The van der Waals surface area contributed by atoms with Crippen LogP contribution in [0.5, 0.6) is 11.6 Å². The van der Waals surface area contributed by atoms with Crippen LogP contribution in [0.25, 0.3) is 5.69 Å². The van der Waals surface area contributed by atoms with Gasteiger partial charge in [0.2, 0.25) is 5.88 Å². The van der Waals surface area contributed by atoms with Gasteiger partial charge in [-0.25, -0.2) is 22.8 Å². The minimum atomic E-state index is -4.86. The fourth-order valence-electron chi connectivity index (χ4n) is 3.46. The third-order valence-electron chi connectivity index (χ3n) is 5.15. The van der Waals surface area contributed by atoms with E-state index in [-0.39, 0.29) is 28.6 Å². The van der Waals surface area contributed by atoms with E-state index in [0.717, 1.165) is 16.7 Å². The average molecular weight is 520 g/mol. The van der Waals surface area contributed by atoms with Gasteiger partial charge < -0.3 is 9.84 Å². The standard InChI is InChI=1S/C23H19F3N4O5S/c1-15-21(31)30(17-7-9-18(10-8-17)35-23(24,25)26)22(32)29(15)14-16-11-12-27-20(13-16)28-36(33,34)19-5-3-2-4-6-19/h2-13,31H,14H2,1H3,(H,27,28). The van der Waals surface area contributed by atoms with Gasteiger partial charge in [-0.3, -0.25) is 9.29 Å². The van der Waals surface area contributed by atoms with Crippen molar-refractivity contribution in [3.05, 3.63) is 94.7 Å². The predicted octanol–water partition coefficient (Wildman–Crippen LogP) is 3.80. The van der Waals surface area contributed by atoms with Crippen LogP contribution in [0.4, 0.5) is 19.0 Å². The zero-order valence-corrected chi connectivity index (χ0v) is 19.4. The van der Waals surface area contributed by atoms with E-state index in [1.165, 1.54) is 48.0 Å². The highest BCUT2D eigenvalue weighted by molar-refractivity contribution is 7.92. The second-order valence-corrected chi connectivity index (χ2v) is 9.31. The Balaban J connectivity index is 1.60. The molecular weight excluding hydrogens is 501 g/mol. The monoisotopic (exact) mass is 520 g/mol. The molecule has 9 nitrogen and oxygen atoms in total. The molecule has 2 N–H and O–H groups in total. The third kappa shape index (κ3) is 5.35. The molecule has 0 fully saturated rings. The SMILES string of the molecule is Cc1c(O)n(-c2ccc(OC(F)(F)F)cc2)c(=O)n1Cc1ccnc(NS(=O)(=O)c2ccccc2)c1. The number of imidazole rings is 1. The Bertz CT molecular complexity index is 1550. The Kier molecular flexibility index (Phi) is 6.50. The second-order valence-electron chi connectivity index (χ2n) is 7.62. The van der Waals surface area contributed by atoms with Crippen LogP contribution in [0, 0.1) is 6.92 Å². The number of nitrogens with one attached hydrogen (secondary N) is 1. The summed E-state index contributed by atoms with van der Waals surface area (Å²) >= 11 is 0. The van der Waals surface area contributed by atoms with Crippen LogP contribution in [0.3, 0.4) is 0 Å². The summed E-state index contributed by atoms with van der Waals surface area (Å²) in [5.41, 5.74) is 0.170. The first-order valence-electron chi connectivity index (χ1n) is 10.3. The van der Waals surface area contributed by atoms with Gasteiger partial charge in [-0.15, -0.1) is 13.2 Å². The molecule has 0 radical (unpaired) electrons. The Hall–Kier alpha value is -4.26. The van der Waals surface area contributed by atoms with Crippen LogP contribution >= 0.6 is 0 Å². The Labute approximate surface area is 203 Å². The maximum Gasteiger partial charge on any atom is 0.573 e. The van der Waals surface area contributed by atoms with Crippen molar-refractivity contribution in [1.29, 1.82) is 0 Å². The van der Waals surface area contributed by atoms with Gasteiger partial charge in [-0.2, -0.15) is 0 Å². The maximum atomic E-state index is 13.1. The highest BCUT2D eigenvalue weighted by Gasteiger charge is 2.31. The van der Waals surface area contributed by atoms with Crippen molar-refractivity contribution in [2.24, 2.45) is 0 Å². The molecule has 0 amide bonds. The first-order chi connectivity index (χ1) is 16.9. The maximum absolute atomic E-state index is 13.1. The van der Waals surface area contributed by atoms with Crippen LogP contribution in [0.2, 0.25) is 0 Å². The van der Waals surface area contributed by atoms with Crippen LogP contribution in [0.1, 0.15) is 11.3 Å². The van der Waals surface area contributed by atoms with Crippen molar-refractivity contribution in [3.63, 3.8) is 0 Å². The Morgan fingerprint density at radius 2 is 1.72 bits per heavy atom. The molecule has 0 unspecified atom stereocenters. The smallest absolute Gasteiger partial charge is 0.493 e. The molecule has 4 aromatic rings. The summed E-state index contributed by atoms with van der Waals surface area (Å²) in [5.74, 6) is -0.841. The van der Waals surface area contributed by atoms with Gasteiger partial charge in [0.25, 0.3) is 10.0 Å². The fraction of sp³-hybridized carbons (Fsp3) is 0.130. The van der Waals surface area contributed by atoms with Gasteiger partial charge in [0.05, 0.1) is 22.8 Å². The summed E-state index contributed by atoms with van der Waals surface area (Å²) in [5, 5.41) is 10.5. The molecule has 0 spiro atoms. The van der Waals surface area contributed by atoms with Crippen LogP contribution in [-0.4, -0.2) is 34.0 Å². The van der Waals surface area contributed by atoms with Gasteiger partial charge >= 0.3 is 12.1 Å². The van der Waals surface area contributed by atoms with Crippen LogP contribution < -0.4 is 15.1 Å². The number of halogens is 3. The van der Waals surface area contributed by atoms with Crippen molar-refractivity contribution >= 4 is 15.8 Å². The summed E-state index contributed by atoms with van der Waals surface area (Å²) < 4.78 is 70.7. The summed E-state index contributed by atoms with van der Waals surface area (Å²) in [6.45, 7) is 1.46. The lowest BCUT2D eigenvalue weighted by molar-refractivity contribution is -0.274. The number of benzene rings is 2. The Morgan fingerprint density at radius 1 is 1.06 bits per heavy atom. The number of sulfonamides is 1. The minimum absolute atomic E-state index is 0.0333. The van der Waals surface area contributed by atoms with Crippen molar-refractivity contribution < 1.29 is 31.4 Å². The number of pyridine rings is 1. The summed E-state index contributed by atoms with van der Waals surface area (Å²) in [6, 6.07) is 15.2. The molecule has 188 valence electrons. The molecule has 0 aliphatic heterocycles. The molecule has 0 atom stereocenters. The number of rotatable bonds is 7. The molecule has 0 bridgehead atoms. The molecule has 13 heteroatoms. The topological polar surface area (TPSA) is 115 Å². The molecule has 2 aromatic carbocycles. The summed E-state index contributed by atoms with van der Waals surface area (Å²) in [4.78, 5) is 17.1. The number of hydrogen-bond donors (Lipinski definition) is 2. The normalized spacial score (nSPS) is 11.9. The van der Waals surface area contributed by atoms with E-state index >= 15 is 0 Å².